The highest BCUT2D eigenvalue weighted by molar-refractivity contribution is 5.77. The van der Waals surface area contributed by atoms with Gasteiger partial charge in [0, 0.05) is 48.9 Å². The van der Waals surface area contributed by atoms with Crippen LogP contribution in [0.3, 0.4) is 0 Å². The molecule has 1 saturated heterocycles. The third kappa shape index (κ3) is 3.20. The van der Waals surface area contributed by atoms with Gasteiger partial charge in [0.05, 0.1) is 5.69 Å². The fraction of sp³-hybridized carbons (Fsp3) is 0.500. The van der Waals surface area contributed by atoms with Gasteiger partial charge in [-0.05, 0) is 50.7 Å². The molecule has 3 aromatic rings. The number of nitrogens with zero attached hydrogens (tertiary/aromatic N) is 5. The third-order valence-electron chi connectivity index (χ3n) is 6.89. The number of hydrogen-bond acceptors (Lipinski definition) is 6. The molecule has 156 valence electrons. The number of likely N-dealkylation sites (tertiary alicyclic amines) is 1. The molecule has 0 bridgehead atoms. The van der Waals surface area contributed by atoms with Crippen LogP contribution in [-0.4, -0.2) is 49.2 Å². The SMILES string of the molecule is Cc1noc(C)c1CCC(=O)N1CC(c2nc(-c3ccncc3)n[nH]2)C2(CCC2)C1. The van der Waals surface area contributed by atoms with Crippen LogP contribution in [0.4, 0.5) is 0 Å². The van der Waals surface area contributed by atoms with Gasteiger partial charge in [-0.2, -0.15) is 5.10 Å². The Hall–Kier alpha value is -3.03. The molecule has 0 aromatic carbocycles. The van der Waals surface area contributed by atoms with E-state index in [2.05, 4.69) is 20.3 Å². The van der Waals surface area contributed by atoms with Crippen molar-refractivity contribution in [1.82, 2.24) is 30.2 Å². The van der Waals surface area contributed by atoms with E-state index in [0.29, 0.717) is 25.2 Å². The molecule has 1 aliphatic carbocycles. The van der Waals surface area contributed by atoms with Gasteiger partial charge in [-0.3, -0.25) is 14.9 Å². The van der Waals surface area contributed by atoms with Crippen LogP contribution < -0.4 is 0 Å². The molecule has 1 spiro atoms. The smallest absolute Gasteiger partial charge is 0.222 e. The van der Waals surface area contributed by atoms with Crippen molar-refractivity contribution in [3.05, 3.63) is 47.4 Å². The predicted molar refractivity (Wildman–Crippen MR) is 110 cm³/mol. The molecule has 1 N–H and O–H groups in total. The molecule has 2 aliphatic rings. The Morgan fingerprint density at radius 3 is 2.77 bits per heavy atom. The summed E-state index contributed by atoms with van der Waals surface area (Å²) in [6, 6.07) is 3.82. The molecular weight excluding hydrogens is 380 g/mol. The Morgan fingerprint density at radius 2 is 2.10 bits per heavy atom. The largest absolute Gasteiger partial charge is 0.361 e. The number of aromatic amines is 1. The van der Waals surface area contributed by atoms with Gasteiger partial charge in [-0.1, -0.05) is 11.6 Å². The maximum absolute atomic E-state index is 13.0. The zero-order valence-corrected chi connectivity index (χ0v) is 17.4. The number of nitrogens with one attached hydrogen (secondary N) is 1. The van der Waals surface area contributed by atoms with Crippen molar-refractivity contribution in [2.45, 2.75) is 51.9 Å². The molecule has 1 amide bonds. The summed E-state index contributed by atoms with van der Waals surface area (Å²) in [5.74, 6) is 2.78. The van der Waals surface area contributed by atoms with Gasteiger partial charge in [0.25, 0.3) is 0 Å². The highest BCUT2D eigenvalue weighted by atomic mass is 16.5. The zero-order chi connectivity index (χ0) is 20.7. The maximum Gasteiger partial charge on any atom is 0.222 e. The van der Waals surface area contributed by atoms with Crippen molar-refractivity contribution in [1.29, 1.82) is 0 Å². The van der Waals surface area contributed by atoms with Crippen LogP contribution in [-0.2, 0) is 11.2 Å². The number of pyridine rings is 1. The average molecular weight is 406 g/mol. The second-order valence-electron chi connectivity index (χ2n) is 8.63. The lowest BCUT2D eigenvalue weighted by Gasteiger charge is -2.41. The lowest BCUT2D eigenvalue weighted by Crippen LogP contribution is -2.38. The highest BCUT2D eigenvalue weighted by Gasteiger charge is 2.53. The molecule has 1 aliphatic heterocycles. The molecule has 8 heteroatoms. The minimum absolute atomic E-state index is 0.133. The van der Waals surface area contributed by atoms with Crippen LogP contribution in [0, 0.1) is 19.3 Å². The van der Waals surface area contributed by atoms with E-state index in [4.69, 9.17) is 9.51 Å². The van der Waals surface area contributed by atoms with Crippen LogP contribution in [0.2, 0.25) is 0 Å². The normalized spacial score (nSPS) is 19.9. The molecule has 30 heavy (non-hydrogen) atoms. The van der Waals surface area contributed by atoms with E-state index >= 15 is 0 Å². The molecule has 1 unspecified atom stereocenters. The average Bonchev–Trinajstić information content (AvgIpc) is 3.44. The number of aromatic nitrogens is 5. The molecule has 0 radical (unpaired) electrons. The van der Waals surface area contributed by atoms with Crippen LogP contribution in [0.25, 0.3) is 11.4 Å². The zero-order valence-electron chi connectivity index (χ0n) is 17.4. The number of rotatable bonds is 5. The number of hydrogen-bond donors (Lipinski definition) is 1. The first kappa shape index (κ1) is 19.0. The molecule has 5 rings (SSSR count). The molecule has 3 aromatic heterocycles. The third-order valence-corrected chi connectivity index (χ3v) is 6.89. The van der Waals surface area contributed by atoms with Gasteiger partial charge in [0.15, 0.2) is 5.82 Å². The lowest BCUT2D eigenvalue weighted by atomic mass is 9.62. The summed E-state index contributed by atoms with van der Waals surface area (Å²) in [5, 5.41) is 11.6. The number of carbonyl (C=O) groups excluding carboxylic acids is 1. The number of amides is 1. The molecule has 4 heterocycles. The van der Waals surface area contributed by atoms with Crippen LogP contribution in [0.5, 0.6) is 0 Å². The summed E-state index contributed by atoms with van der Waals surface area (Å²) in [6.07, 6.45) is 8.12. The van der Waals surface area contributed by atoms with Gasteiger partial charge in [-0.25, -0.2) is 4.98 Å². The van der Waals surface area contributed by atoms with E-state index in [1.807, 2.05) is 30.9 Å². The fourth-order valence-corrected chi connectivity index (χ4v) is 4.98. The summed E-state index contributed by atoms with van der Waals surface area (Å²) in [4.78, 5) is 23.9. The minimum Gasteiger partial charge on any atom is -0.361 e. The summed E-state index contributed by atoms with van der Waals surface area (Å²) in [5.41, 5.74) is 3.00. The number of H-pyrrole nitrogens is 1. The Kier molecular flexibility index (Phi) is 4.64. The molecule has 1 atom stereocenters. The van der Waals surface area contributed by atoms with Crippen LogP contribution in [0.1, 0.15) is 54.4 Å². The van der Waals surface area contributed by atoms with Crippen molar-refractivity contribution in [2.24, 2.45) is 5.41 Å². The Bertz CT molecular complexity index is 1030. The second kappa shape index (κ2) is 7.34. The number of aryl methyl sites for hydroxylation is 2. The van der Waals surface area contributed by atoms with Crippen molar-refractivity contribution in [3.8, 4) is 11.4 Å². The van der Waals surface area contributed by atoms with Crippen molar-refractivity contribution in [2.75, 3.05) is 13.1 Å². The lowest BCUT2D eigenvalue weighted by molar-refractivity contribution is -0.130. The summed E-state index contributed by atoms with van der Waals surface area (Å²) in [7, 11) is 0. The molecular formula is C22H26N6O2. The van der Waals surface area contributed by atoms with Crippen LogP contribution >= 0.6 is 0 Å². The second-order valence-corrected chi connectivity index (χ2v) is 8.63. The van der Waals surface area contributed by atoms with Gasteiger partial charge in [0.2, 0.25) is 5.91 Å². The molecule has 1 saturated carbocycles. The van der Waals surface area contributed by atoms with Gasteiger partial charge in [0.1, 0.15) is 11.6 Å². The standard InChI is InChI=1S/C22H26N6O2/c1-14-17(15(2)30-27-14)4-5-19(29)28-12-18(22(13-28)8-3-9-22)21-24-20(25-26-21)16-6-10-23-11-7-16/h6-7,10-11,18H,3-5,8-9,12-13H2,1-2H3,(H,24,25,26). The van der Waals surface area contributed by atoms with E-state index in [0.717, 1.165) is 47.8 Å². The summed E-state index contributed by atoms with van der Waals surface area (Å²) in [6.45, 7) is 5.34. The maximum atomic E-state index is 13.0. The molecule has 2 fully saturated rings. The first-order valence-corrected chi connectivity index (χ1v) is 10.6. The van der Waals surface area contributed by atoms with E-state index in [-0.39, 0.29) is 17.2 Å². The number of carbonyl (C=O) groups is 1. The monoisotopic (exact) mass is 406 g/mol. The summed E-state index contributed by atoms with van der Waals surface area (Å²) < 4.78 is 5.23. The van der Waals surface area contributed by atoms with Crippen molar-refractivity contribution >= 4 is 5.91 Å². The van der Waals surface area contributed by atoms with E-state index < -0.39 is 0 Å². The minimum atomic E-state index is 0.133. The topological polar surface area (TPSA) is 101 Å². The van der Waals surface area contributed by atoms with Gasteiger partial charge >= 0.3 is 0 Å². The quantitative estimate of drug-likeness (QED) is 0.698. The Morgan fingerprint density at radius 1 is 1.30 bits per heavy atom. The van der Waals surface area contributed by atoms with Gasteiger partial charge in [-0.15, -0.1) is 0 Å². The van der Waals surface area contributed by atoms with Crippen molar-refractivity contribution in [3.63, 3.8) is 0 Å². The highest BCUT2D eigenvalue weighted by Crippen LogP contribution is 2.55. The van der Waals surface area contributed by atoms with E-state index in [1.165, 1.54) is 6.42 Å². The van der Waals surface area contributed by atoms with Crippen LogP contribution in [0.15, 0.2) is 29.0 Å². The predicted octanol–water partition coefficient (Wildman–Crippen LogP) is 3.20. The fourth-order valence-electron chi connectivity index (χ4n) is 4.98. The Balaban J connectivity index is 1.31. The Labute approximate surface area is 175 Å². The van der Waals surface area contributed by atoms with Crippen molar-refractivity contribution < 1.29 is 9.32 Å². The first-order valence-electron chi connectivity index (χ1n) is 10.6. The molecule has 8 nitrogen and oxygen atoms in total. The van der Waals surface area contributed by atoms with E-state index in [9.17, 15) is 4.79 Å². The first-order chi connectivity index (χ1) is 14.6. The summed E-state index contributed by atoms with van der Waals surface area (Å²) >= 11 is 0. The van der Waals surface area contributed by atoms with Gasteiger partial charge < -0.3 is 9.42 Å². The van der Waals surface area contributed by atoms with E-state index in [1.54, 1.807) is 12.4 Å².